The summed E-state index contributed by atoms with van der Waals surface area (Å²) < 4.78 is 5.91. The molecule has 0 saturated carbocycles. The molecule has 0 aromatic heterocycles. The SMILES string of the molecule is C=CCN(C)CCCCCCOc1ccc(C(=O)c2ccccc2)cc1C. The topological polar surface area (TPSA) is 29.5 Å². The molecule has 2 aromatic carbocycles. The Morgan fingerprint density at radius 1 is 1.04 bits per heavy atom. The Morgan fingerprint density at radius 2 is 1.78 bits per heavy atom. The van der Waals surface area contributed by atoms with E-state index in [1.54, 1.807) is 0 Å². The van der Waals surface area contributed by atoms with Gasteiger partial charge in [-0.1, -0.05) is 49.2 Å². The van der Waals surface area contributed by atoms with Crippen molar-refractivity contribution in [2.24, 2.45) is 0 Å². The van der Waals surface area contributed by atoms with Crippen molar-refractivity contribution in [3.8, 4) is 5.75 Å². The Kier molecular flexibility index (Phi) is 8.79. The van der Waals surface area contributed by atoms with Crippen LogP contribution in [-0.4, -0.2) is 37.4 Å². The number of carbonyl (C=O) groups excluding carboxylic acids is 1. The number of nitrogens with zero attached hydrogens (tertiary/aromatic N) is 1. The van der Waals surface area contributed by atoms with Crippen molar-refractivity contribution in [3.05, 3.63) is 77.9 Å². The average molecular weight is 366 g/mol. The van der Waals surface area contributed by atoms with Crippen LogP contribution in [0.3, 0.4) is 0 Å². The van der Waals surface area contributed by atoms with E-state index in [9.17, 15) is 4.79 Å². The molecule has 0 radical (unpaired) electrons. The molecular weight excluding hydrogens is 334 g/mol. The first-order valence-electron chi connectivity index (χ1n) is 9.74. The number of hydrogen-bond acceptors (Lipinski definition) is 3. The highest BCUT2D eigenvalue weighted by Crippen LogP contribution is 2.21. The molecule has 0 atom stereocenters. The van der Waals surface area contributed by atoms with Gasteiger partial charge in [-0.2, -0.15) is 0 Å². The fraction of sp³-hybridized carbons (Fsp3) is 0.375. The second-order valence-corrected chi connectivity index (χ2v) is 6.99. The van der Waals surface area contributed by atoms with Crippen LogP contribution in [0, 0.1) is 6.92 Å². The molecule has 0 aliphatic rings. The lowest BCUT2D eigenvalue weighted by molar-refractivity contribution is 0.103. The zero-order valence-corrected chi connectivity index (χ0v) is 16.6. The monoisotopic (exact) mass is 365 g/mol. The van der Waals surface area contributed by atoms with Gasteiger partial charge in [0.1, 0.15) is 5.75 Å². The van der Waals surface area contributed by atoms with E-state index in [1.807, 2.05) is 61.5 Å². The highest BCUT2D eigenvalue weighted by atomic mass is 16.5. The van der Waals surface area contributed by atoms with E-state index in [0.29, 0.717) is 11.1 Å². The number of ether oxygens (including phenoxy) is 1. The van der Waals surface area contributed by atoms with Gasteiger partial charge in [0.05, 0.1) is 6.61 Å². The van der Waals surface area contributed by atoms with E-state index < -0.39 is 0 Å². The predicted octanol–water partition coefficient (Wildman–Crippen LogP) is 5.28. The predicted molar refractivity (Wildman–Crippen MR) is 113 cm³/mol. The molecule has 27 heavy (non-hydrogen) atoms. The largest absolute Gasteiger partial charge is 0.493 e. The summed E-state index contributed by atoms with van der Waals surface area (Å²) >= 11 is 0. The van der Waals surface area contributed by atoms with Gasteiger partial charge in [0, 0.05) is 17.7 Å². The van der Waals surface area contributed by atoms with Crippen molar-refractivity contribution >= 4 is 5.78 Å². The molecule has 0 fully saturated rings. The van der Waals surface area contributed by atoms with Crippen LogP contribution in [0.25, 0.3) is 0 Å². The average Bonchev–Trinajstić information content (AvgIpc) is 2.68. The molecule has 0 aliphatic carbocycles. The van der Waals surface area contributed by atoms with Crippen LogP contribution in [0.15, 0.2) is 61.2 Å². The molecule has 3 heteroatoms. The molecule has 0 aliphatic heterocycles. The van der Waals surface area contributed by atoms with Crippen molar-refractivity contribution in [3.63, 3.8) is 0 Å². The quantitative estimate of drug-likeness (QED) is 0.291. The van der Waals surface area contributed by atoms with E-state index in [1.165, 1.54) is 19.3 Å². The summed E-state index contributed by atoms with van der Waals surface area (Å²) in [5, 5.41) is 0. The lowest BCUT2D eigenvalue weighted by Gasteiger charge is -2.13. The van der Waals surface area contributed by atoms with Gasteiger partial charge in [-0.15, -0.1) is 6.58 Å². The minimum atomic E-state index is 0.0478. The summed E-state index contributed by atoms with van der Waals surface area (Å²) in [7, 11) is 2.12. The number of carbonyl (C=O) groups is 1. The lowest BCUT2D eigenvalue weighted by Crippen LogP contribution is -2.19. The van der Waals surface area contributed by atoms with Crippen molar-refractivity contribution in [1.82, 2.24) is 4.90 Å². The Hall–Kier alpha value is -2.39. The molecule has 0 spiro atoms. The highest BCUT2D eigenvalue weighted by molar-refractivity contribution is 6.09. The fourth-order valence-corrected chi connectivity index (χ4v) is 3.04. The molecule has 0 heterocycles. The molecule has 0 unspecified atom stereocenters. The summed E-state index contributed by atoms with van der Waals surface area (Å²) in [6.07, 6.45) is 6.59. The van der Waals surface area contributed by atoms with Gasteiger partial charge in [-0.3, -0.25) is 4.79 Å². The van der Waals surface area contributed by atoms with E-state index in [2.05, 4.69) is 18.5 Å². The van der Waals surface area contributed by atoms with E-state index in [-0.39, 0.29) is 5.78 Å². The highest BCUT2D eigenvalue weighted by Gasteiger charge is 2.10. The molecule has 0 N–H and O–H groups in total. The number of hydrogen-bond donors (Lipinski definition) is 0. The van der Waals surface area contributed by atoms with E-state index >= 15 is 0 Å². The third kappa shape index (κ3) is 7.03. The van der Waals surface area contributed by atoms with Gasteiger partial charge in [0.2, 0.25) is 0 Å². The van der Waals surface area contributed by atoms with Gasteiger partial charge in [0.25, 0.3) is 0 Å². The molecular formula is C24H31NO2. The molecule has 3 nitrogen and oxygen atoms in total. The van der Waals surface area contributed by atoms with Crippen LogP contribution in [0.1, 0.15) is 47.2 Å². The maximum absolute atomic E-state index is 12.5. The maximum atomic E-state index is 12.5. The van der Waals surface area contributed by atoms with Gasteiger partial charge in [-0.05, 0) is 57.1 Å². The third-order valence-electron chi connectivity index (χ3n) is 4.61. The first-order valence-corrected chi connectivity index (χ1v) is 9.74. The van der Waals surface area contributed by atoms with Crippen LogP contribution in [0.2, 0.25) is 0 Å². The molecule has 2 aromatic rings. The van der Waals surface area contributed by atoms with Crippen molar-refractivity contribution < 1.29 is 9.53 Å². The van der Waals surface area contributed by atoms with Crippen LogP contribution in [0.4, 0.5) is 0 Å². The van der Waals surface area contributed by atoms with Crippen molar-refractivity contribution in [1.29, 1.82) is 0 Å². The van der Waals surface area contributed by atoms with Crippen molar-refractivity contribution in [2.45, 2.75) is 32.6 Å². The van der Waals surface area contributed by atoms with E-state index in [0.717, 1.165) is 37.4 Å². The number of benzene rings is 2. The van der Waals surface area contributed by atoms with Gasteiger partial charge < -0.3 is 9.64 Å². The Bertz CT molecular complexity index is 724. The van der Waals surface area contributed by atoms with E-state index in [4.69, 9.17) is 4.74 Å². The first-order chi connectivity index (χ1) is 13.1. The number of aryl methyl sites for hydroxylation is 1. The smallest absolute Gasteiger partial charge is 0.193 e. The number of rotatable bonds is 12. The summed E-state index contributed by atoms with van der Waals surface area (Å²) in [6, 6.07) is 15.1. The second kappa shape index (κ2) is 11.3. The van der Waals surface area contributed by atoms with Crippen LogP contribution < -0.4 is 4.74 Å². The van der Waals surface area contributed by atoms with Gasteiger partial charge in [0.15, 0.2) is 5.78 Å². The second-order valence-electron chi connectivity index (χ2n) is 6.99. The van der Waals surface area contributed by atoms with Crippen LogP contribution in [-0.2, 0) is 0 Å². The summed E-state index contributed by atoms with van der Waals surface area (Å²) in [4.78, 5) is 14.8. The van der Waals surface area contributed by atoms with Gasteiger partial charge >= 0.3 is 0 Å². The first kappa shape index (κ1) is 20.9. The Balaban J connectivity index is 1.73. The number of ketones is 1. The maximum Gasteiger partial charge on any atom is 0.193 e. The minimum absolute atomic E-state index is 0.0478. The zero-order valence-electron chi connectivity index (χ0n) is 16.6. The molecule has 0 saturated heterocycles. The number of likely N-dealkylation sites (N-methyl/N-ethyl adjacent to an activating group) is 1. The lowest BCUT2D eigenvalue weighted by atomic mass is 10.0. The summed E-state index contributed by atoms with van der Waals surface area (Å²) in [6.45, 7) is 8.53. The molecule has 0 bridgehead atoms. The van der Waals surface area contributed by atoms with Crippen LogP contribution in [0.5, 0.6) is 5.75 Å². The summed E-state index contributed by atoms with van der Waals surface area (Å²) in [5.41, 5.74) is 2.42. The molecule has 144 valence electrons. The third-order valence-corrected chi connectivity index (χ3v) is 4.61. The molecule has 2 rings (SSSR count). The van der Waals surface area contributed by atoms with Gasteiger partial charge in [-0.25, -0.2) is 0 Å². The summed E-state index contributed by atoms with van der Waals surface area (Å²) in [5.74, 6) is 0.914. The standard InChI is InChI=1S/C24H31NO2/c1-4-16-25(3)17-10-5-6-11-18-27-23-15-14-22(19-20(23)2)24(26)21-12-8-7-9-13-21/h4,7-9,12-15,19H,1,5-6,10-11,16-18H2,2-3H3. The zero-order chi connectivity index (χ0) is 19.5. The van der Waals surface area contributed by atoms with Crippen LogP contribution >= 0.6 is 0 Å². The van der Waals surface area contributed by atoms with Crippen molar-refractivity contribution in [2.75, 3.05) is 26.7 Å². The minimum Gasteiger partial charge on any atom is -0.493 e. The Morgan fingerprint density at radius 3 is 2.48 bits per heavy atom. The number of unbranched alkanes of at least 4 members (excludes halogenated alkanes) is 3. The normalized spacial score (nSPS) is 10.8. The molecule has 0 amide bonds. The fourth-order valence-electron chi connectivity index (χ4n) is 3.04. The Labute approximate surface area is 163 Å².